The third-order valence-electron chi connectivity index (χ3n) is 5.29. The van der Waals surface area contributed by atoms with E-state index in [4.69, 9.17) is 21.8 Å². The van der Waals surface area contributed by atoms with Crippen LogP contribution in [0.2, 0.25) is 5.02 Å². The number of para-hydroxylation sites is 1. The Hall–Kier alpha value is -2.83. The predicted octanol–water partition coefficient (Wildman–Crippen LogP) is 4.79. The van der Waals surface area contributed by atoms with E-state index in [1.807, 2.05) is 18.2 Å². The molecule has 1 aromatic heterocycles. The van der Waals surface area contributed by atoms with Crippen LogP contribution in [0.15, 0.2) is 52.9 Å². The summed E-state index contributed by atoms with van der Waals surface area (Å²) >= 11 is 5.90. The molecule has 29 heavy (non-hydrogen) atoms. The number of hydrogen-bond donors (Lipinski definition) is 3. The summed E-state index contributed by atoms with van der Waals surface area (Å²) < 4.78 is 5.79. The van der Waals surface area contributed by atoms with Crippen LogP contribution in [0.3, 0.4) is 0 Å². The molecule has 0 spiro atoms. The minimum atomic E-state index is -0.440. The Bertz CT molecular complexity index is 1040. The monoisotopic (exact) mass is 411 g/mol. The van der Waals surface area contributed by atoms with Crippen LogP contribution in [0.5, 0.6) is 0 Å². The van der Waals surface area contributed by atoms with Gasteiger partial charge in [0.1, 0.15) is 11.3 Å². The van der Waals surface area contributed by atoms with Gasteiger partial charge in [0.05, 0.1) is 0 Å². The van der Waals surface area contributed by atoms with E-state index in [2.05, 4.69) is 10.6 Å². The number of amides is 2. The Morgan fingerprint density at radius 3 is 2.38 bits per heavy atom. The van der Waals surface area contributed by atoms with Crippen molar-refractivity contribution in [2.75, 3.05) is 10.6 Å². The molecule has 1 aliphatic rings. The number of hydrogen-bond acceptors (Lipinski definition) is 4. The number of rotatable bonds is 4. The predicted molar refractivity (Wildman–Crippen MR) is 114 cm³/mol. The lowest BCUT2D eigenvalue weighted by Gasteiger charge is -2.25. The van der Waals surface area contributed by atoms with Crippen LogP contribution in [0.4, 0.5) is 11.4 Å². The minimum Gasteiger partial charge on any atom is -0.449 e. The van der Waals surface area contributed by atoms with Crippen molar-refractivity contribution in [1.82, 2.24) is 0 Å². The van der Waals surface area contributed by atoms with Gasteiger partial charge in [-0.1, -0.05) is 23.7 Å². The Morgan fingerprint density at radius 2 is 1.66 bits per heavy atom. The normalized spacial score (nSPS) is 19.1. The highest BCUT2D eigenvalue weighted by Gasteiger charge is 2.28. The quantitative estimate of drug-likeness (QED) is 0.574. The molecule has 0 unspecified atom stereocenters. The molecule has 0 saturated heterocycles. The summed E-state index contributed by atoms with van der Waals surface area (Å²) in [5.74, 6) is -0.592. The van der Waals surface area contributed by atoms with Gasteiger partial charge in [-0.05, 0) is 62.1 Å². The standard InChI is InChI=1S/C22H22ClN3O3/c23-14-7-11-16(12-8-14)25-22(28)20-19(17-3-1-2-4-18(17)29-20)26-21(27)13-5-9-15(24)10-6-13/h1-4,7-8,11-13,15H,5-6,9-10,24H2,(H,25,28)(H,26,27). The third-order valence-corrected chi connectivity index (χ3v) is 5.55. The highest BCUT2D eigenvalue weighted by atomic mass is 35.5. The molecule has 2 amide bonds. The molecule has 1 aliphatic carbocycles. The lowest BCUT2D eigenvalue weighted by atomic mass is 9.86. The van der Waals surface area contributed by atoms with Crippen molar-refractivity contribution in [3.05, 3.63) is 59.3 Å². The second-order valence-corrected chi connectivity index (χ2v) is 7.80. The Morgan fingerprint density at radius 1 is 0.966 bits per heavy atom. The number of carbonyl (C=O) groups is 2. The zero-order valence-electron chi connectivity index (χ0n) is 15.8. The van der Waals surface area contributed by atoms with Crippen molar-refractivity contribution in [1.29, 1.82) is 0 Å². The van der Waals surface area contributed by atoms with Crippen molar-refractivity contribution in [3.63, 3.8) is 0 Å². The molecule has 1 fully saturated rings. The minimum absolute atomic E-state index is 0.0713. The first kappa shape index (κ1) is 19.5. The maximum atomic E-state index is 12.9. The van der Waals surface area contributed by atoms with E-state index in [1.54, 1.807) is 30.3 Å². The molecular formula is C22H22ClN3O3. The topological polar surface area (TPSA) is 97.4 Å². The highest BCUT2D eigenvalue weighted by molar-refractivity contribution is 6.30. The van der Waals surface area contributed by atoms with Gasteiger partial charge in [-0.3, -0.25) is 9.59 Å². The van der Waals surface area contributed by atoms with Gasteiger partial charge in [-0.15, -0.1) is 0 Å². The van der Waals surface area contributed by atoms with Gasteiger partial charge in [0.2, 0.25) is 11.7 Å². The first-order valence-electron chi connectivity index (χ1n) is 9.66. The van der Waals surface area contributed by atoms with Crippen LogP contribution in [0.1, 0.15) is 36.2 Å². The number of anilines is 2. The number of benzene rings is 2. The van der Waals surface area contributed by atoms with Crippen molar-refractivity contribution < 1.29 is 14.0 Å². The van der Waals surface area contributed by atoms with E-state index < -0.39 is 5.91 Å². The van der Waals surface area contributed by atoms with Crippen molar-refractivity contribution in [3.8, 4) is 0 Å². The summed E-state index contributed by atoms with van der Waals surface area (Å²) in [6, 6.07) is 14.2. The van der Waals surface area contributed by atoms with Crippen molar-refractivity contribution in [2.24, 2.45) is 11.7 Å². The van der Waals surface area contributed by atoms with E-state index in [0.717, 1.165) is 25.7 Å². The molecule has 0 atom stereocenters. The van der Waals surface area contributed by atoms with Gasteiger partial charge in [-0.25, -0.2) is 0 Å². The Balaban J connectivity index is 1.61. The third kappa shape index (κ3) is 4.28. The molecule has 7 heteroatoms. The molecule has 0 aliphatic heterocycles. The molecule has 0 radical (unpaired) electrons. The highest BCUT2D eigenvalue weighted by Crippen LogP contribution is 2.33. The number of carbonyl (C=O) groups excluding carboxylic acids is 2. The maximum Gasteiger partial charge on any atom is 0.293 e. The van der Waals surface area contributed by atoms with E-state index >= 15 is 0 Å². The SMILES string of the molecule is NC1CCC(C(=O)Nc2c(C(=O)Nc3ccc(Cl)cc3)oc3ccccc23)CC1. The van der Waals surface area contributed by atoms with Crippen molar-refractivity contribution in [2.45, 2.75) is 31.7 Å². The first-order chi connectivity index (χ1) is 14.0. The second kappa shape index (κ2) is 8.27. The molecule has 1 heterocycles. The van der Waals surface area contributed by atoms with E-state index in [0.29, 0.717) is 27.4 Å². The number of nitrogens with two attached hydrogens (primary N) is 1. The average molecular weight is 412 g/mol. The molecule has 3 aromatic rings. The summed E-state index contributed by atoms with van der Waals surface area (Å²) in [5.41, 5.74) is 7.46. The van der Waals surface area contributed by atoms with Gasteiger partial charge in [-0.2, -0.15) is 0 Å². The molecule has 4 rings (SSSR count). The molecule has 6 nitrogen and oxygen atoms in total. The lowest BCUT2D eigenvalue weighted by molar-refractivity contribution is -0.120. The lowest BCUT2D eigenvalue weighted by Crippen LogP contribution is -2.32. The molecule has 1 saturated carbocycles. The number of nitrogens with one attached hydrogen (secondary N) is 2. The fraction of sp³-hybridized carbons (Fsp3) is 0.273. The molecule has 0 bridgehead atoms. The van der Waals surface area contributed by atoms with Gasteiger partial charge >= 0.3 is 0 Å². The van der Waals surface area contributed by atoms with Crippen LogP contribution in [-0.2, 0) is 4.79 Å². The van der Waals surface area contributed by atoms with Crippen LogP contribution >= 0.6 is 11.6 Å². The van der Waals surface area contributed by atoms with E-state index in [1.165, 1.54) is 0 Å². The van der Waals surface area contributed by atoms with Gasteiger partial charge in [0, 0.05) is 28.1 Å². The summed E-state index contributed by atoms with van der Waals surface area (Å²) in [5, 5.41) is 6.99. The fourth-order valence-electron chi connectivity index (χ4n) is 3.66. The summed E-state index contributed by atoms with van der Waals surface area (Å²) in [6.45, 7) is 0. The van der Waals surface area contributed by atoms with Crippen LogP contribution < -0.4 is 16.4 Å². The van der Waals surface area contributed by atoms with Crippen LogP contribution in [-0.4, -0.2) is 17.9 Å². The van der Waals surface area contributed by atoms with E-state index in [-0.39, 0.29) is 23.6 Å². The maximum absolute atomic E-state index is 12.9. The smallest absolute Gasteiger partial charge is 0.293 e. The van der Waals surface area contributed by atoms with Crippen molar-refractivity contribution >= 4 is 45.8 Å². The number of fused-ring (bicyclic) bond motifs is 1. The summed E-state index contributed by atoms with van der Waals surface area (Å²) in [6.07, 6.45) is 3.15. The zero-order valence-corrected chi connectivity index (χ0v) is 16.5. The van der Waals surface area contributed by atoms with E-state index in [9.17, 15) is 9.59 Å². The van der Waals surface area contributed by atoms with Gasteiger partial charge in [0.15, 0.2) is 0 Å². The average Bonchev–Trinajstić information content (AvgIpc) is 3.09. The zero-order chi connectivity index (χ0) is 20.4. The largest absolute Gasteiger partial charge is 0.449 e. The summed E-state index contributed by atoms with van der Waals surface area (Å²) in [4.78, 5) is 25.7. The van der Waals surface area contributed by atoms with Gasteiger partial charge in [0.25, 0.3) is 5.91 Å². The fourth-order valence-corrected chi connectivity index (χ4v) is 3.78. The first-order valence-corrected chi connectivity index (χ1v) is 10.0. The second-order valence-electron chi connectivity index (χ2n) is 7.36. The number of halogens is 1. The van der Waals surface area contributed by atoms with Crippen LogP contribution in [0.25, 0.3) is 11.0 Å². The number of furan rings is 1. The van der Waals surface area contributed by atoms with Crippen LogP contribution in [0, 0.1) is 5.92 Å². The summed E-state index contributed by atoms with van der Waals surface area (Å²) in [7, 11) is 0. The molecule has 2 aromatic carbocycles. The Kier molecular flexibility index (Phi) is 5.56. The molecular weight excluding hydrogens is 390 g/mol. The van der Waals surface area contributed by atoms with Gasteiger partial charge < -0.3 is 20.8 Å². The molecule has 150 valence electrons. The molecule has 4 N–H and O–H groups in total. The Labute approximate surface area is 173 Å².